The van der Waals surface area contributed by atoms with Crippen molar-refractivity contribution in [1.82, 2.24) is 0 Å². The van der Waals surface area contributed by atoms with E-state index in [0.717, 1.165) is 33.4 Å². The molecule has 4 aromatic carbocycles. The molecule has 0 aromatic heterocycles. The van der Waals surface area contributed by atoms with Crippen molar-refractivity contribution >= 4 is 28.4 Å². The average Bonchev–Trinajstić information content (AvgIpc) is 3.69. The lowest BCUT2D eigenvalue weighted by Crippen LogP contribution is -2.45. The molecule has 11 nitrogen and oxygen atoms in total. The minimum absolute atomic E-state index is 0.0432. The van der Waals surface area contributed by atoms with Crippen molar-refractivity contribution in [2.45, 2.75) is 117 Å². The number of esters is 2. The van der Waals surface area contributed by atoms with Crippen LogP contribution in [0.15, 0.2) is 72.8 Å². The fraction of sp³-hybridized carbons (Fsp3) is 0.469. The lowest BCUT2D eigenvalue weighted by molar-refractivity contribution is -0.134. The fourth-order valence-corrected chi connectivity index (χ4v) is 10.7. The number of fused-ring (bicyclic) bond motifs is 2. The van der Waals surface area contributed by atoms with Crippen LogP contribution in [0, 0.1) is 5.41 Å². The summed E-state index contributed by atoms with van der Waals surface area (Å²) in [5, 5.41) is 0. The molecule has 62 heavy (non-hydrogen) atoms. The van der Waals surface area contributed by atoms with Crippen LogP contribution in [-0.4, -0.2) is 38.4 Å². The van der Waals surface area contributed by atoms with Gasteiger partial charge in [-0.3, -0.25) is 18.6 Å². The number of phosphoric ester groups is 1. The quantitative estimate of drug-likeness (QED) is 0.104. The molecule has 2 atom stereocenters. The van der Waals surface area contributed by atoms with Gasteiger partial charge in [-0.1, -0.05) is 132 Å². The van der Waals surface area contributed by atoms with E-state index in [1.54, 1.807) is 6.07 Å². The van der Waals surface area contributed by atoms with Crippen molar-refractivity contribution in [3.63, 3.8) is 0 Å². The summed E-state index contributed by atoms with van der Waals surface area (Å²) in [7, 11) is -6.08. The van der Waals surface area contributed by atoms with E-state index in [1.807, 2.05) is 60.7 Å². The molecule has 13 heteroatoms. The Balaban J connectivity index is 0.991. The number of ether oxygens (including phenoxy) is 2. The largest absolute Gasteiger partial charge is 0.530 e. The van der Waals surface area contributed by atoms with E-state index in [-0.39, 0.29) is 59.8 Å². The molecule has 0 aliphatic carbocycles. The molecule has 330 valence electrons. The summed E-state index contributed by atoms with van der Waals surface area (Å²) in [6, 6.07) is 23.1. The van der Waals surface area contributed by atoms with Crippen molar-refractivity contribution in [3.05, 3.63) is 117 Å². The van der Waals surface area contributed by atoms with Gasteiger partial charge >= 0.3 is 28.4 Å². The highest BCUT2D eigenvalue weighted by molar-refractivity contribution is 7.49. The lowest BCUT2D eigenvalue weighted by Gasteiger charge is -2.41. The van der Waals surface area contributed by atoms with Crippen LogP contribution in [0.1, 0.15) is 139 Å². The van der Waals surface area contributed by atoms with Gasteiger partial charge in [0, 0.05) is 22.3 Å². The number of hydrogen-bond donors (Lipinski definition) is 0. The smallest absolute Gasteiger partial charge is 0.426 e. The fourth-order valence-electron chi connectivity index (χ4n) is 7.93. The van der Waals surface area contributed by atoms with Crippen LogP contribution >= 0.6 is 16.4 Å². The Labute approximate surface area is 366 Å². The van der Waals surface area contributed by atoms with Gasteiger partial charge < -0.3 is 27.6 Å². The Kier molecular flexibility index (Phi) is 11.2. The third-order valence-corrected chi connectivity index (χ3v) is 14.4. The van der Waals surface area contributed by atoms with Crippen LogP contribution in [0.2, 0.25) is 0 Å². The number of phosphoric acid groups is 1. The monoisotopic (exact) mass is 884 g/mol. The van der Waals surface area contributed by atoms with Gasteiger partial charge in [0.1, 0.15) is 34.8 Å². The normalized spacial score (nSPS) is 25.3. The van der Waals surface area contributed by atoms with Gasteiger partial charge in [0.15, 0.2) is 0 Å². The second kappa shape index (κ2) is 15.6. The van der Waals surface area contributed by atoms with Gasteiger partial charge in [0.05, 0.1) is 31.8 Å². The third kappa shape index (κ3) is 8.74. The third-order valence-electron chi connectivity index (χ3n) is 12.0. The average molecular weight is 885 g/mol. The standard InChI is InChI=1S/C49H58O11P2/c1-45(2,3)29-13-17-37-33(21-29)41(43(50)57-37)35-23-31(47(7,8)9)15-19-39(35)59-61-53-25-49(26-54-61)27-55-62(52,56-28-49)60-40-20-16-32(48(10,11)12)24-36(40)42-34-22-30(46(4,5)6)14-18-38(34)58-44(42)51/h13-24,41-42H,25-28H2,1-12H3. The molecule has 2 unspecified atom stereocenters. The first-order valence-electron chi connectivity index (χ1n) is 21.2. The van der Waals surface area contributed by atoms with Gasteiger partial charge in [0.2, 0.25) is 0 Å². The summed E-state index contributed by atoms with van der Waals surface area (Å²) < 4.78 is 62.7. The van der Waals surface area contributed by atoms with E-state index in [0.29, 0.717) is 28.4 Å². The SMILES string of the molecule is CC(C)(C)c1ccc2c(c1)C(c1cc(C(C)(C)C)ccc1OP1OCC3(CO1)COP(=O)(Oc1ccc(C(C)(C)C)cc1C1C(=O)Oc4ccc(C(C)(C)C)cc41)OC3)C(=O)O2. The lowest BCUT2D eigenvalue weighted by atomic mass is 9.81. The zero-order valence-electron chi connectivity index (χ0n) is 37.8. The van der Waals surface area contributed by atoms with Crippen LogP contribution in [0.5, 0.6) is 23.0 Å². The highest BCUT2D eigenvalue weighted by atomic mass is 31.2. The van der Waals surface area contributed by atoms with Gasteiger partial charge in [-0.05, 0) is 68.2 Å². The van der Waals surface area contributed by atoms with Gasteiger partial charge in [-0.2, -0.15) is 0 Å². The Morgan fingerprint density at radius 2 is 0.903 bits per heavy atom. The molecule has 4 aliphatic rings. The van der Waals surface area contributed by atoms with Crippen LogP contribution in [-0.2, 0) is 53.9 Å². The van der Waals surface area contributed by atoms with E-state index in [2.05, 4.69) is 89.2 Å². The Hall–Kier alpha value is -4.08. The summed E-state index contributed by atoms with van der Waals surface area (Å²) in [4.78, 5) is 27.2. The van der Waals surface area contributed by atoms with E-state index < -0.39 is 39.6 Å². The Morgan fingerprint density at radius 1 is 0.532 bits per heavy atom. The molecule has 8 rings (SSSR count). The highest BCUT2D eigenvalue weighted by Gasteiger charge is 2.50. The van der Waals surface area contributed by atoms with Gasteiger partial charge in [-0.25, -0.2) is 4.57 Å². The van der Waals surface area contributed by atoms with Crippen molar-refractivity contribution in [2.24, 2.45) is 5.41 Å². The van der Waals surface area contributed by atoms with Crippen molar-refractivity contribution < 1.29 is 50.8 Å². The molecule has 1 spiro atoms. The molecule has 0 saturated carbocycles. The first-order chi connectivity index (χ1) is 28.8. The molecule has 2 fully saturated rings. The summed E-state index contributed by atoms with van der Waals surface area (Å²) in [5.41, 5.74) is 5.27. The van der Waals surface area contributed by atoms with Crippen LogP contribution in [0.4, 0.5) is 0 Å². The second-order valence-electron chi connectivity index (χ2n) is 21.2. The summed E-state index contributed by atoms with van der Waals surface area (Å²) in [6.07, 6.45) is 0. The zero-order chi connectivity index (χ0) is 44.8. The van der Waals surface area contributed by atoms with E-state index in [1.165, 1.54) is 0 Å². The first kappa shape index (κ1) is 44.5. The number of benzene rings is 4. The molecule has 0 amide bonds. The summed E-state index contributed by atoms with van der Waals surface area (Å²) in [5.74, 6) is -0.644. The topological polar surface area (TPSA) is 125 Å². The van der Waals surface area contributed by atoms with Crippen molar-refractivity contribution in [2.75, 3.05) is 26.4 Å². The van der Waals surface area contributed by atoms with E-state index >= 15 is 0 Å². The summed E-state index contributed by atoms with van der Waals surface area (Å²) >= 11 is 0. The highest BCUT2D eigenvalue weighted by Crippen LogP contribution is 2.59. The number of rotatable bonds is 6. The summed E-state index contributed by atoms with van der Waals surface area (Å²) in [6.45, 7) is 25.5. The minimum atomic E-state index is -4.18. The maximum absolute atomic E-state index is 14.2. The maximum Gasteiger partial charge on any atom is 0.530 e. The predicted molar refractivity (Wildman–Crippen MR) is 238 cm³/mol. The Morgan fingerprint density at radius 3 is 1.32 bits per heavy atom. The van der Waals surface area contributed by atoms with E-state index in [9.17, 15) is 14.2 Å². The molecule has 4 heterocycles. The Bertz CT molecular complexity index is 2460. The van der Waals surface area contributed by atoms with Gasteiger partial charge in [0.25, 0.3) is 0 Å². The molecule has 0 bridgehead atoms. The molecule has 0 radical (unpaired) electrons. The van der Waals surface area contributed by atoms with Crippen LogP contribution < -0.4 is 18.5 Å². The molecular formula is C49H58O11P2. The predicted octanol–water partition coefficient (Wildman–Crippen LogP) is 11.9. The molecular weight excluding hydrogens is 826 g/mol. The number of carbonyl (C=O) groups is 2. The number of hydrogen-bond acceptors (Lipinski definition) is 11. The molecule has 2 saturated heterocycles. The first-order valence-corrected chi connectivity index (χ1v) is 23.7. The van der Waals surface area contributed by atoms with Gasteiger partial charge in [-0.15, -0.1) is 0 Å². The maximum atomic E-state index is 14.2. The number of carbonyl (C=O) groups excluding carboxylic acids is 2. The second-order valence-corrected chi connectivity index (χ2v) is 23.9. The van der Waals surface area contributed by atoms with Crippen molar-refractivity contribution in [3.8, 4) is 23.0 Å². The van der Waals surface area contributed by atoms with E-state index in [4.69, 9.17) is 36.6 Å². The molecule has 0 N–H and O–H groups in total. The molecule has 4 aromatic rings. The van der Waals surface area contributed by atoms with Crippen LogP contribution in [0.25, 0.3) is 0 Å². The molecule has 4 aliphatic heterocycles. The van der Waals surface area contributed by atoms with Crippen LogP contribution in [0.3, 0.4) is 0 Å². The zero-order valence-corrected chi connectivity index (χ0v) is 39.6. The minimum Gasteiger partial charge on any atom is -0.426 e. The van der Waals surface area contributed by atoms with Crippen molar-refractivity contribution in [1.29, 1.82) is 0 Å².